The first kappa shape index (κ1) is 14.3. The van der Waals surface area contributed by atoms with Crippen LogP contribution in [0.4, 0.5) is 0 Å². The summed E-state index contributed by atoms with van der Waals surface area (Å²) in [5.74, 6) is 0.566. The molecule has 0 bridgehead atoms. The number of benzene rings is 1. The number of ether oxygens (including phenoxy) is 1. The van der Waals surface area contributed by atoms with Gasteiger partial charge in [-0.15, -0.1) is 0 Å². The molecule has 1 fully saturated rings. The maximum Gasteiger partial charge on any atom is 0.270 e. The molecule has 0 saturated carbocycles. The number of hydrogen-bond acceptors (Lipinski definition) is 3. The number of pyridine rings is 1. The van der Waals surface area contributed by atoms with Crippen LogP contribution in [0.3, 0.4) is 0 Å². The van der Waals surface area contributed by atoms with E-state index in [0.717, 1.165) is 15.4 Å². The Balaban J connectivity index is 1.41. The van der Waals surface area contributed by atoms with Crippen molar-refractivity contribution in [2.45, 2.75) is 6.10 Å². The number of carbonyl (C=O) groups excluding carboxylic acids is 1. The predicted octanol–water partition coefficient (Wildman–Crippen LogP) is 3.23. The third kappa shape index (κ3) is 2.70. The first-order chi connectivity index (χ1) is 11.2. The topological polar surface area (TPSA) is 58.2 Å². The van der Waals surface area contributed by atoms with Crippen LogP contribution in [0.15, 0.2) is 53.1 Å². The molecule has 5 nitrogen and oxygen atoms in total. The number of hydrogen-bond donors (Lipinski definition) is 1. The number of carbonyl (C=O) groups is 1. The van der Waals surface area contributed by atoms with Gasteiger partial charge >= 0.3 is 0 Å². The van der Waals surface area contributed by atoms with Gasteiger partial charge in [0.1, 0.15) is 11.8 Å². The summed E-state index contributed by atoms with van der Waals surface area (Å²) in [7, 11) is 0. The van der Waals surface area contributed by atoms with Crippen LogP contribution in [0, 0.1) is 0 Å². The molecular weight excluding hydrogens is 358 g/mol. The summed E-state index contributed by atoms with van der Waals surface area (Å²) in [4.78, 5) is 21.6. The molecule has 3 heterocycles. The van der Waals surface area contributed by atoms with Crippen molar-refractivity contribution in [1.29, 1.82) is 0 Å². The number of fused-ring (bicyclic) bond motifs is 1. The molecule has 116 valence electrons. The number of halogens is 1. The van der Waals surface area contributed by atoms with Gasteiger partial charge in [0.15, 0.2) is 0 Å². The van der Waals surface area contributed by atoms with E-state index in [1.54, 1.807) is 11.1 Å². The Hall–Kier alpha value is -2.34. The highest BCUT2D eigenvalue weighted by Crippen LogP contribution is 2.25. The van der Waals surface area contributed by atoms with Crippen molar-refractivity contribution in [3.8, 4) is 5.88 Å². The van der Waals surface area contributed by atoms with Crippen LogP contribution in [0.25, 0.3) is 10.9 Å². The Morgan fingerprint density at radius 1 is 1.26 bits per heavy atom. The number of nitrogens with zero attached hydrogens (tertiary/aromatic N) is 2. The summed E-state index contributed by atoms with van der Waals surface area (Å²) < 4.78 is 6.61. The average Bonchev–Trinajstić information content (AvgIpc) is 2.95. The maximum atomic E-state index is 12.5. The summed E-state index contributed by atoms with van der Waals surface area (Å²) in [5.41, 5.74) is 1.59. The fourth-order valence-electron chi connectivity index (χ4n) is 2.65. The van der Waals surface area contributed by atoms with Gasteiger partial charge in [-0.3, -0.25) is 4.79 Å². The minimum atomic E-state index is -0.0190. The first-order valence-electron chi connectivity index (χ1n) is 7.35. The van der Waals surface area contributed by atoms with Gasteiger partial charge < -0.3 is 14.6 Å². The largest absolute Gasteiger partial charge is 0.470 e. The quantitative estimate of drug-likeness (QED) is 0.768. The smallest absolute Gasteiger partial charge is 0.270 e. The van der Waals surface area contributed by atoms with Crippen molar-refractivity contribution in [2.24, 2.45) is 0 Å². The zero-order chi connectivity index (χ0) is 15.8. The Morgan fingerprint density at radius 3 is 2.87 bits per heavy atom. The van der Waals surface area contributed by atoms with E-state index in [0.29, 0.717) is 24.7 Å². The van der Waals surface area contributed by atoms with Gasteiger partial charge in [-0.2, -0.15) is 0 Å². The third-order valence-corrected chi connectivity index (χ3v) is 4.50. The Kier molecular flexibility index (Phi) is 3.53. The molecule has 1 N–H and O–H groups in total. The standard InChI is InChI=1S/C17H14BrN3O2/c18-13-5-3-7-19-16(13)23-12-9-21(10-12)17(22)15-8-11-4-1-2-6-14(11)20-15/h1-8,12,20H,9-10H2. The normalized spacial score (nSPS) is 14.7. The van der Waals surface area contributed by atoms with Crippen molar-refractivity contribution in [3.05, 3.63) is 58.8 Å². The summed E-state index contributed by atoms with van der Waals surface area (Å²) >= 11 is 3.41. The average molecular weight is 372 g/mol. The van der Waals surface area contributed by atoms with Crippen LogP contribution < -0.4 is 4.74 Å². The van der Waals surface area contributed by atoms with E-state index in [1.807, 2.05) is 42.5 Å². The van der Waals surface area contributed by atoms with Crippen molar-refractivity contribution in [3.63, 3.8) is 0 Å². The minimum Gasteiger partial charge on any atom is -0.470 e. The number of likely N-dealkylation sites (tertiary alicyclic amines) is 1. The Labute approximate surface area is 141 Å². The fraction of sp³-hybridized carbons (Fsp3) is 0.176. The maximum absolute atomic E-state index is 12.5. The van der Waals surface area contributed by atoms with Gasteiger partial charge in [-0.05, 0) is 40.2 Å². The summed E-state index contributed by atoms with van der Waals surface area (Å²) in [6.45, 7) is 1.13. The lowest BCUT2D eigenvalue weighted by atomic mass is 10.1. The van der Waals surface area contributed by atoms with Gasteiger partial charge in [-0.1, -0.05) is 18.2 Å². The lowest BCUT2D eigenvalue weighted by Gasteiger charge is -2.38. The Morgan fingerprint density at radius 2 is 2.09 bits per heavy atom. The van der Waals surface area contributed by atoms with E-state index in [2.05, 4.69) is 25.9 Å². The SMILES string of the molecule is O=C(c1cc2ccccc2[nH]1)N1CC(Oc2ncccc2Br)C1. The van der Waals surface area contributed by atoms with E-state index >= 15 is 0 Å². The van der Waals surface area contributed by atoms with Crippen molar-refractivity contribution >= 4 is 32.7 Å². The summed E-state index contributed by atoms with van der Waals surface area (Å²) in [6.07, 6.45) is 1.67. The zero-order valence-corrected chi connectivity index (χ0v) is 13.8. The first-order valence-corrected chi connectivity index (χ1v) is 8.14. The van der Waals surface area contributed by atoms with Crippen molar-refractivity contribution in [1.82, 2.24) is 14.9 Å². The predicted molar refractivity (Wildman–Crippen MR) is 90.6 cm³/mol. The van der Waals surface area contributed by atoms with Crippen molar-refractivity contribution < 1.29 is 9.53 Å². The highest BCUT2D eigenvalue weighted by atomic mass is 79.9. The number of nitrogens with one attached hydrogen (secondary N) is 1. The van der Waals surface area contributed by atoms with Crippen LogP contribution in [-0.4, -0.2) is 40.0 Å². The van der Waals surface area contributed by atoms with Crippen molar-refractivity contribution in [2.75, 3.05) is 13.1 Å². The van der Waals surface area contributed by atoms with E-state index in [4.69, 9.17) is 4.74 Å². The lowest BCUT2D eigenvalue weighted by molar-refractivity contribution is 0.0153. The number of aromatic nitrogens is 2. The molecule has 3 aromatic rings. The summed E-state index contributed by atoms with van der Waals surface area (Å²) in [6, 6.07) is 13.5. The monoisotopic (exact) mass is 371 g/mol. The molecule has 1 aliphatic rings. The number of para-hydroxylation sites is 1. The number of aromatic amines is 1. The second-order valence-electron chi connectivity index (χ2n) is 5.51. The van der Waals surface area contributed by atoms with E-state index in [-0.39, 0.29) is 12.0 Å². The number of rotatable bonds is 3. The third-order valence-electron chi connectivity index (χ3n) is 3.90. The second kappa shape index (κ2) is 5.70. The molecule has 1 aromatic carbocycles. The zero-order valence-electron chi connectivity index (χ0n) is 12.2. The van der Waals surface area contributed by atoms with Gasteiger partial charge in [0, 0.05) is 17.1 Å². The van der Waals surface area contributed by atoms with Crippen LogP contribution in [0.1, 0.15) is 10.5 Å². The molecule has 4 rings (SSSR count). The second-order valence-corrected chi connectivity index (χ2v) is 6.36. The van der Waals surface area contributed by atoms with E-state index in [1.165, 1.54) is 0 Å². The van der Waals surface area contributed by atoms with Gasteiger partial charge in [0.2, 0.25) is 5.88 Å². The number of amides is 1. The van der Waals surface area contributed by atoms with E-state index < -0.39 is 0 Å². The Bertz CT molecular complexity index is 838. The molecule has 1 saturated heterocycles. The lowest BCUT2D eigenvalue weighted by Crippen LogP contribution is -2.56. The molecule has 0 spiro atoms. The van der Waals surface area contributed by atoms with Crippen LogP contribution >= 0.6 is 15.9 Å². The molecule has 0 aliphatic carbocycles. The van der Waals surface area contributed by atoms with E-state index in [9.17, 15) is 4.79 Å². The molecular formula is C17H14BrN3O2. The molecule has 1 amide bonds. The highest BCUT2D eigenvalue weighted by molar-refractivity contribution is 9.10. The summed E-state index contributed by atoms with van der Waals surface area (Å²) in [5, 5.41) is 1.04. The molecule has 1 aliphatic heterocycles. The fourth-order valence-corrected chi connectivity index (χ4v) is 3.00. The van der Waals surface area contributed by atoms with Crippen LogP contribution in [0.2, 0.25) is 0 Å². The molecule has 23 heavy (non-hydrogen) atoms. The van der Waals surface area contributed by atoms with Gasteiger partial charge in [0.25, 0.3) is 5.91 Å². The van der Waals surface area contributed by atoms with Crippen LogP contribution in [0.5, 0.6) is 5.88 Å². The minimum absolute atomic E-state index is 0.00105. The van der Waals surface area contributed by atoms with Crippen LogP contribution in [-0.2, 0) is 0 Å². The molecule has 0 atom stereocenters. The molecule has 2 aromatic heterocycles. The molecule has 6 heteroatoms. The highest BCUT2D eigenvalue weighted by Gasteiger charge is 2.34. The van der Waals surface area contributed by atoms with Gasteiger partial charge in [-0.25, -0.2) is 4.98 Å². The molecule has 0 unspecified atom stereocenters. The number of H-pyrrole nitrogens is 1. The van der Waals surface area contributed by atoms with Gasteiger partial charge in [0.05, 0.1) is 17.6 Å². The molecule has 0 radical (unpaired) electrons.